The molecule has 0 fully saturated rings. The molecule has 1 amide bonds. The maximum absolute atomic E-state index is 12.8. The van der Waals surface area contributed by atoms with Crippen LogP contribution in [0.5, 0.6) is 11.5 Å². The van der Waals surface area contributed by atoms with Crippen molar-refractivity contribution in [2.24, 2.45) is 0 Å². The molecule has 0 unspecified atom stereocenters. The van der Waals surface area contributed by atoms with E-state index in [0.29, 0.717) is 26.1 Å². The lowest BCUT2D eigenvalue weighted by molar-refractivity contribution is -0.153. The summed E-state index contributed by atoms with van der Waals surface area (Å²) in [6, 6.07) is 14.8. The number of amides is 1. The Morgan fingerprint density at radius 1 is 0.938 bits per heavy atom. The first-order chi connectivity index (χ1) is 15.3. The van der Waals surface area contributed by atoms with Gasteiger partial charge in [-0.2, -0.15) is 13.2 Å². The van der Waals surface area contributed by atoms with Gasteiger partial charge in [0, 0.05) is 26.6 Å². The standard InChI is InChI=1S/C24H30F3NO4/c1-30-16-15-28(14-6-9-19-7-4-3-5-8-19)23(29)13-11-20-10-12-21(22(17-20)31-2)32-18-24(25,26)27/h3-5,7-8,10,12,17H,6,9,11,13-16,18H2,1-2H3. The molecule has 0 saturated heterocycles. The number of rotatable bonds is 13. The van der Waals surface area contributed by atoms with Gasteiger partial charge >= 0.3 is 6.18 Å². The molecular weight excluding hydrogens is 423 g/mol. The number of benzene rings is 2. The minimum Gasteiger partial charge on any atom is -0.493 e. The van der Waals surface area contributed by atoms with E-state index in [1.165, 1.54) is 18.7 Å². The lowest BCUT2D eigenvalue weighted by Crippen LogP contribution is -2.35. The van der Waals surface area contributed by atoms with E-state index in [0.717, 1.165) is 18.4 Å². The summed E-state index contributed by atoms with van der Waals surface area (Å²) in [6.45, 7) is 0.205. The molecule has 2 rings (SSSR count). The third-order valence-corrected chi connectivity index (χ3v) is 4.90. The fourth-order valence-corrected chi connectivity index (χ4v) is 3.24. The zero-order valence-electron chi connectivity index (χ0n) is 18.5. The molecule has 0 aliphatic carbocycles. The lowest BCUT2D eigenvalue weighted by Gasteiger charge is -2.22. The molecule has 0 heterocycles. The van der Waals surface area contributed by atoms with Crippen LogP contribution in [0.25, 0.3) is 0 Å². The van der Waals surface area contributed by atoms with Gasteiger partial charge in [-0.15, -0.1) is 0 Å². The Hall–Kier alpha value is -2.74. The Morgan fingerprint density at radius 2 is 1.69 bits per heavy atom. The van der Waals surface area contributed by atoms with Crippen LogP contribution in [0.2, 0.25) is 0 Å². The van der Waals surface area contributed by atoms with Crippen molar-refractivity contribution in [3.8, 4) is 11.5 Å². The molecule has 0 atom stereocenters. The van der Waals surface area contributed by atoms with Gasteiger partial charge in [0.1, 0.15) is 0 Å². The van der Waals surface area contributed by atoms with Crippen molar-refractivity contribution in [2.75, 3.05) is 40.5 Å². The van der Waals surface area contributed by atoms with Gasteiger partial charge < -0.3 is 19.1 Å². The summed E-state index contributed by atoms with van der Waals surface area (Å²) in [5, 5.41) is 0. The normalized spacial score (nSPS) is 11.3. The predicted octanol–water partition coefficient (Wildman–Crippen LogP) is 4.68. The Bertz CT molecular complexity index is 828. The quantitative estimate of drug-likeness (QED) is 0.442. The summed E-state index contributed by atoms with van der Waals surface area (Å²) in [7, 11) is 2.96. The monoisotopic (exact) mass is 453 g/mol. The van der Waals surface area contributed by atoms with Gasteiger partial charge in [0.15, 0.2) is 18.1 Å². The number of nitrogens with zero attached hydrogens (tertiary/aromatic N) is 1. The molecule has 5 nitrogen and oxygen atoms in total. The van der Waals surface area contributed by atoms with Crippen LogP contribution in [0.15, 0.2) is 48.5 Å². The molecule has 0 saturated carbocycles. The fraction of sp³-hybridized carbons (Fsp3) is 0.458. The van der Waals surface area contributed by atoms with E-state index in [9.17, 15) is 18.0 Å². The van der Waals surface area contributed by atoms with Crippen LogP contribution in [0.3, 0.4) is 0 Å². The van der Waals surface area contributed by atoms with E-state index < -0.39 is 12.8 Å². The molecule has 2 aromatic carbocycles. The molecule has 0 N–H and O–H groups in total. The zero-order valence-corrected chi connectivity index (χ0v) is 18.5. The minimum atomic E-state index is -4.43. The first-order valence-corrected chi connectivity index (χ1v) is 10.5. The number of carbonyl (C=O) groups is 1. The van der Waals surface area contributed by atoms with Crippen molar-refractivity contribution in [2.45, 2.75) is 31.9 Å². The second-order valence-electron chi connectivity index (χ2n) is 7.35. The largest absolute Gasteiger partial charge is 0.493 e. The van der Waals surface area contributed by atoms with E-state index >= 15 is 0 Å². The average molecular weight is 454 g/mol. The molecule has 2 aromatic rings. The summed E-state index contributed by atoms with van der Waals surface area (Å²) in [5.41, 5.74) is 2.01. The molecule has 0 aromatic heterocycles. The smallest absolute Gasteiger partial charge is 0.422 e. The van der Waals surface area contributed by atoms with Crippen LogP contribution < -0.4 is 9.47 Å². The topological polar surface area (TPSA) is 48.0 Å². The van der Waals surface area contributed by atoms with Crippen LogP contribution in [-0.4, -0.2) is 57.5 Å². The zero-order chi connectivity index (χ0) is 23.4. The minimum absolute atomic E-state index is 0.00600. The Morgan fingerprint density at radius 3 is 2.34 bits per heavy atom. The maximum Gasteiger partial charge on any atom is 0.422 e. The maximum atomic E-state index is 12.8. The number of methoxy groups -OCH3 is 2. The van der Waals surface area contributed by atoms with Gasteiger partial charge in [-0.05, 0) is 42.5 Å². The fourth-order valence-electron chi connectivity index (χ4n) is 3.24. The molecule has 0 radical (unpaired) electrons. The number of hydrogen-bond acceptors (Lipinski definition) is 4. The van der Waals surface area contributed by atoms with Gasteiger partial charge in [-0.25, -0.2) is 0 Å². The number of ether oxygens (including phenoxy) is 3. The summed E-state index contributed by atoms with van der Waals surface area (Å²) < 4.78 is 52.3. The second kappa shape index (κ2) is 13.0. The second-order valence-corrected chi connectivity index (χ2v) is 7.35. The molecule has 32 heavy (non-hydrogen) atoms. The van der Waals surface area contributed by atoms with Crippen molar-refractivity contribution < 1.29 is 32.2 Å². The highest BCUT2D eigenvalue weighted by atomic mass is 19.4. The highest BCUT2D eigenvalue weighted by Gasteiger charge is 2.29. The van der Waals surface area contributed by atoms with Gasteiger partial charge in [0.05, 0.1) is 13.7 Å². The van der Waals surface area contributed by atoms with Crippen LogP contribution in [0.4, 0.5) is 13.2 Å². The van der Waals surface area contributed by atoms with Crippen molar-refractivity contribution in [3.63, 3.8) is 0 Å². The first kappa shape index (κ1) is 25.5. The number of aryl methyl sites for hydroxylation is 2. The molecule has 176 valence electrons. The summed E-state index contributed by atoms with van der Waals surface area (Å²) in [5.74, 6) is 0.229. The third-order valence-electron chi connectivity index (χ3n) is 4.90. The molecule has 0 spiro atoms. The first-order valence-electron chi connectivity index (χ1n) is 10.5. The Labute approximate surface area is 187 Å². The van der Waals surface area contributed by atoms with Crippen LogP contribution in [0.1, 0.15) is 24.0 Å². The van der Waals surface area contributed by atoms with Crippen LogP contribution in [0, 0.1) is 0 Å². The van der Waals surface area contributed by atoms with Crippen molar-refractivity contribution in [3.05, 3.63) is 59.7 Å². The number of alkyl halides is 3. The SMILES string of the molecule is COCCN(CCCc1ccccc1)C(=O)CCc1ccc(OCC(F)(F)F)c(OC)c1. The van der Waals surface area contributed by atoms with Gasteiger partial charge in [-0.1, -0.05) is 36.4 Å². The highest BCUT2D eigenvalue weighted by Crippen LogP contribution is 2.30. The van der Waals surface area contributed by atoms with Gasteiger partial charge in [-0.3, -0.25) is 4.79 Å². The molecule has 0 aliphatic rings. The highest BCUT2D eigenvalue weighted by molar-refractivity contribution is 5.76. The summed E-state index contributed by atoms with van der Waals surface area (Å²) in [6.07, 6.45) is -1.98. The third kappa shape index (κ3) is 9.18. The average Bonchev–Trinajstić information content (AvgIpc) is 2.78. The van der Waals surface area contributed by atoms with Gasteiger partial charge in [0.2, 0.25) is 5.91 Å². The molecule has 0 bridgehead atoms. The van der Waals surface area contributed by atoms with Crippen LogP contribution >= 0.6 is 0 Å². The van der Waals surface area contributed by atoms with Crippen molar-refractivity contribution in [1.29, 1.82) is 0 Å². The van der Waals surface area contributed by atoms with E-state index in [2.05, 4.69) is 12.1 Å². The van der Waals surface area contributed by atoms with E-state index in [1.54, 1.807) is 24.1 Å². The van der Waals surface area contributed by atoms with Crippen molar-refractivity contribution >= 4 is 5.91 Å². The number of carbonyl (C=O) groups excluding carboxylic acids is 1. The number of halogens is 3. The van der Waals surface area contributed by atoms with E-state index in [1.807, 2.05) is 18.2 Å². The Kier molecular flexibility index (Phi) is 10.3. The Balaban J connectivity index is 1.91. The predicted molar refractivity (Wildman–Crippen MR) is 116 cm³/mol. The van der Waals surface area contributed by atoms with Crippen molar-refractivity contribution in [1.82, 2.24) is 4.90 Å². The van der Waals surface area contributed by atoms with Gasteiger partial charge in [0.25, 0.3) is 0 Å². The van der Waals surface area contributed by atoms with Crippen LogP contribution in [-0.2, 0) is 22.4 Å². The summed E-state index contributed by atoms with van der Waals surface area (Å²) >= 11 is 0. The molecule has 0 aliphatic heterocycles. The molecule has 8 heteroatoms. The lowest BCUT2D eigenvalue weighted by atomic mass is 10.1. The van der Waals surface area contributed by atoms with E-state index in [4.69, 9.17) is 14.2 Å². The molecular formula is C24H30F3NO4. The van der Waals surface area contributed by atoms with E-state index in [-0.39, 0.29) is 23.8 Å². The number of hydrogen-bond donors (Lipinski definition) is 0. The summed E-state index contributed by atoms with van der Waals surface area (Å²) in [4.78, 5) is 14.6.